The highest BCUT2D eigenvalue weighted by Crippen LogP contribution is 2.27. The van der Waals surface area contributed by atoms with Crippen molar-refractivity contribution >= 4 is 27.0 Å². The zero-order valence-corrected chi connectivity index (χ0v) is 10.9. The van der Waals surface area contributed by atoms with Gasteiger partial charge in [0.15, 0.2) is 0 Å². The maximum atomic E-state index is 5.75. The van der Waals surface area contributed by atoms with Gasteiger partial charge in [-0.2, -0.15) is 0 Å². The van der Waals surface area contributed by atoms with Crippen molar-refractivity contribution in [1.82, 2.24) is 4.98 Å². The predicted octanol–water partition coefficient (Wildman–Crippen LogP) is 4.57. The quantitative estimate of drug-likeness (QED) is 0.655. The Labute approximate surface area is 107 Å². The fourth-order valence-corrected chi connectivity index (χ4v) is 2.03. The zero-order valence-electron chi connectivity index (χ0n) is 9.27. The van der Waals surface area contributed by atoms with E-state index in [9.17, 15) is 0 Å². The van der Waals surface area contributed by atoms with Crippen LogP contribution in [0.3, 0.4) is 0 Å². The summed E-state index contributed by atoms with van der Waals surface area (Å²) in [4.78, 5) is 4.36. The Kier molecular flexibility index (Phi) is 2.48. The van der Waals surface area contributed by atoms with E-state index >= 15 is 0 Å². The van der Waals surface area contributed by atoms with E-state index in [1.807, 2.05) is 49.4 Å². The van der Waals surface area contributed by atoms with Crippen LogP contribution >= 0.6 is 15.9 Å². The molecule has 2 heterocycles. The number of nitrogens with zero attached hydrogens (tertiary/aromatic N) is 1. The van der Waals surface area contributed by atoms with Gasteiger partial charge in [-0.3, -0.25) is 0 Å². The Bertz CT molecular complexity index is 670. The van der Waals surface area contributed by atoms with Gasteiger partial charge in [0.05, 0.1) is 0 Å². The van der Waals surface area contributed by atoms with Crippen molar-refractivity contribution in [3.05, 3.63) is 52.6 Å². The van der Waals surface area contributed by atoms with Crippen LogP contribution in [0.15, 0.2) is 51.4 Å². The van der Waals surface area contributed by atoms with Gasteiger partial charge < -0.3 is 4.42 Å². The van der Waals surface area contributed by atoms with Gasteiger partial charge >= 0.3 is 0 Å². The molecule has 0 aliphatic carbocycles. The first kappa shape index (κ1) is 10.5. The summed E-state index contributed by atoms with van der Waals surface area (Å²) in [5.41, 5.74) is 2.72. The molecule has 0 fully saturated rings. The molecular formula is C14H10BrNO. The van der Waals surface area contributed by atoms with E-state index < -0.39 is 0 Å². The number of rotatable bonds is 1. The van der Waals surface area contributed by atoms with Crippen LogP contribution in [0, 0.1) is 6.92 Å². The monoisotopic (exact) mass is 287 g/mol. The molecule has 3 heteroatoms. The molecule has 0 unspecified atom stereocenters. The summed E-state index contributed by atoms with van der Waals surface area (Å²) in [6.45, 7) is 1.96. The molecule has 0 spiro atoms. The molecule has 3 aromatic rings. The highest BCUT2D eigenvalue weighted by atomic mass is 79.9. The lowest BCUT2D eigenvalue weighted by Gasteiger charge is -1.95. The van der Waals surface area contributed by atoms with Crippen molar-refractivity contribution in [3.8, 4) is 11.3 Å². The van der Waals surface area contributed by atoms with E-state index in [1.165, 1.54) is 0 Å². The highest BCUT2D eigenvalue weighted by Gasteiger charge is 2.06. The van der Waals surface area contributed by atoms with E-state index in [0.717, 1.165) is 26.9 Å². The smallest absolute Gasteiger partial charge is 0.226 e. The van der Waals surface area contributed by atoms with Crippen LogP contribution in [0.25, 0.3) is 22.4 Å². The average Bonchev–Trinajstić information content (AvgIpc) is 2.72. The van der Waals surface area contributed by atoms with Crippen LogP contribution in [0.5, 0.6) is 0 Å². The number of fused-ring (bicyclic) bond motifs is 1. The predicted molar refractivity (Wildman–Crippen MR) is 71.9 cm³/mol. The number of aromatic nitrogens is 1. The lowest BCUT2D eigenvalue weighted by atomic mass is 10.1. The maximum absolute atomic E-state index is 5.75. The number of hydrogen-bond acceptors (Lipinski definition) is 2. The van der Waals surface area contributed by atoms with E-state index in [1.54, 1.807) is 0 Å². The number of hydrogen-bond donors (Lipinski definition) is 0. The summed E-state index contributed by atoms with van der Waals surface area (Å²) >= 11 is 3.42. The van der Waals surface area contributed by atoms with E-state index in [4.69, 9.17) is 4.42 Å². The third-order valence-electron chi connectivity index (χ3n) is 2.65. The van der Waals surface area contributed by atoms with Crippen LogP contribution in [0.1, 0.15) is 5.69 Å². The van der Waals surface area contributed by atoms with Crippen molar-refractivity contribution in [1.29, 1.82) is 0 Å². The van der Waals surface area contributed by atoms with Crippen molar-refractivity contribution in [2.45, 2.75) is 6.92 Å². The number of benzene rings is 1. The van der Waals surface area contributed by atoms with Crippen molar-refractivity contribution in [2.24, 2.45) is 0 Å². The van der Waals surface area contributed by atoms with Gasteiger partial charge in [-0.25, -0.2) is 4.98 Å². The Hall–Kier alpha value is -1.61. The summed E-state index contributed by atoms with van der Waals surface area (Å²) in [6.07, 6.45) is 0. The van der Waals surface area contributed by atoms with E-state index in [0.29, 0.717) is 5.71 Å². The Morgan fingerprint density at radius 1 is 1.06 bits per heavy atom. The zero-order chi connectivity index (χ0) is 11.8. The summed E-state index contributed by atoms with van der Waals surface area (Å²) in [5.74, 6) is 0.852. The van der Waals surface area contributed by atoms with Gasteiger partial charge in [0, 0.05) is 21.1 Å². The van der Waals surface area contributed by atoms with Gasteiger partial charge in [-0.1, -0.05) is 28.1 Å². The molecule has 17 heavy (non-hydrogen) atoms. The first-order valence-corrected chi connectivity index (χ1v) is 6.15. The normalized spacial score (nSPS) is 10.9. The van der Waals surface area contributed by atoms with Crippen LogP contribution < -0.4 is 0 Å². The minimum absolute atomic E-state index is 0.697. The Morgan fingerprint density at radius 2 is 1.82 bits per heavy atom. The summed E-state index contributed by atoms with van der Waals surface area (Å²) < 4.78 is 6.81. The summed E-state index contributed by atoms with van der Waals surface area (Å²) in [6, 6.07) is 14.1. The largest absolute Gasteiger partial charge is 0.438 e. The van der Waals surface area contributed by atoms with Crippen LogP contribution in [0.4, 0.5) is 0 Å². The Morgan fingerprint density at radius 3 is 2.59 bits per heavy atom. The Balaban J connectivity index is 2.14. The molecule has 0 bridgehead atoms. The molecule has 0 aliphatic rings. The third-order valence-corrected chi connectivity index (χ3v) is 3.18. The molecule has 3 rings (SSSR count). The summed E-state index contributed by atoms with van der Waals surface area (Å²) in [5, 5.41) is 1.04. The van der Waals surface area contributed by atoms with Crippen molar-refractivity contribution in [3.63, 3.8) is 0 Å². The van der Waals surface area contributed by atoms with Gasteiger partial charge in [-0.15, -0.1) is 0 Å². The lowest BCUT2D eigenvalue weighted by Crippen LogP contribution is -1.77. The van der Waals surface area contributed by atoms with Gasteiger partial charge in [-0.05, 0) is 37.3 Å². The molecule has 0 radical (unpaired) electrons. The van der Waals surface area contributed by atoms with Crippen molar-refractivity contribution in [2.75, 3.05) is 0 Å². The SMILES string of the molecule is Cc1ccc2cc(-c3ccc(Br)cc3)oc2n1. The van der Waals surface area contributed by atoms with Crippen LogP contribution in [-0.2, 0) is 0 Å². The van der Waals surface area contributed by atoms with E-state index in [2.05, 4.69) is 20.9 Å². The van der Waals surface area contributed by atoms with Gasteiger partial charge in [0.25, 0.3) is 0 Å². The van der Waals surface area contributed by atoms with Crippen molar-refractivity contribution < 1.29 is 4.42 Å². The summed E-state index contributed by atoms with van der Waals surface area (Å²) in [7, 11) is 0. The molecule has 2 nitrogen and oxygen atoms in total. The average molecular weight is 288 g/mol. The fraction of sp³-hybridized carbons (Fsp3) is 0.0714. The molecule has 1 aromatic carbocycles. The molecule has 0 atom stereocenters. The standard InChI is InChI=1S/C14H10BrNO/c1-9-2-3-11-8-13(17-14(11)16-9)10-4-6-12(15)7-5-10/h2-8H,1H3. The topological polar surface area (TPSA) is 26.0 Å². The third kappa shape index (κ3) is 1.98. The van der Waals surface area contributed by atoms with Crippen LogP contribution in [-0.4, -0.2) is 4.98 Å². The molecule has 0 saturated heterocycles. The fourth-order valence-electron chi connectivity index (χ4n) is 1.77. The molecule has 0 saturated carbocycles. The lowest BCUT2D eigenvalue weighted by molar-refractivity contribution is 0.617. The number of halogens is 1. The second-order valence-electron chi connectivity index (χ2n) is 3.96. The van der Waals surface area contributed by atoms with Gasteiger partial charge in [0.1, 0.15) is 5.76 Å². The molecule has 84 valence electrons. The maximum Gasteiger partial charge on any atom is 0.226 e. The van der Waals surface area contributed by atoms with Gasteiger partial charge in [0.2, 0.25) is 5.71 Å². The molecule has 0 N–H and O–H groups in total. The molecular weight excluding hydrogens is 278 g/mol. The first-order valence-electron chi connectivity index (χ1n) is 5.35. The van der Waals surface area contributed by atoms with Crippen LogP contribution in [0.2, 0.25) is 0 Å². The molecule has 2 aromatic heterocycles. The number of pyridine rings is 1. The minimum atomic E-state index is 0.697. The minimum Gasteiger partial charge on any atom is -0.438 e. The highest BCUT2D eigenvalue weighted by molar-refractivity contribution is 9.10. The molecule has 0 amide bonds. The second-order valence-corrected chi connectivity index (χ2v) is 4.88. The second kappa shape index (κ2) is 4.00. The molecule has 0 aliphatic heterocycles. The number of aryl methyl sites for hydroxylation is 1. The van der Waals surface area contributed by atoms with E-state index in [-0.39, 0.29) is 0 Å². The number of furan rings is 1. The first-order chi connectivity index (χ1) is 8.22.